The van der Waals surface area contributed by atoms with E-state index in [1.54, 1.807) is 26.1 Å². The topological polar surface area (TPSA) is 90.4 Å². The van der Waals surface area contributed by atoms with Crippen molar-refractivity contribution in [3.63, 3.8) is 0 Å². The zero-order valence-corrected chi connectivity index (χ0v) is 17.4. The number of benzene rings is 1. The number of carbonyl (C=O) groups is 2. The van der Waals surface area contributed by atoms with Gasteiger partial charge in [0.15, 0.2) is 0 Å². The minimum absolute atomic E-state index is 0.180. The van der Waals surface area contributed by atoms with Gasteiger partial charge in [-0.05, 0) is 86.3 Å². The number of aryl methyl sites for hydroxylation is 2. The number of rotatable bonds is 6. The van der Waals surface area contributed by atoms with Crippen molar-refractivity contribution in [1.82, 2.24) is 10.2 Å². The molecule has 0 fully saturated rings. The van der Waals surface area contributed by atoms with Gasteiger partial charge in [0.1, 0.15) is 0 Å². The van der Waals surface area contributed by atoms with Gasteiger partial charge < -0.3 is 9.47 Å². The van der Waals surface area contributed by atoms with Crippen LogP contribution in [0, 0.1) is 0 Å². The maximum Gasteiger partial charge on any atom is 0.412 e. The summed E-state index contributed by atoms with van der Waals surface area (Å²) in [5, 5.41) is 10.5. The van der Waals surface area contributed by atoms with Crippen molar-refractivity contribution >= 4 is 17.7 Å². The van der Waals surface area contributed by atoms with Crippen LogP contribution in [0.5, 0.6) is 0 Å². The molecule has 0 spiro atoms. The summed E-state index contributed by atoms with van der Waals surface area (Å²) in [6.07, 6.45) is 7.49. The lowest BCUT2D eigenvalue weighted by Gasteiger charge is -2.20. The zero-order valence-electron chi connectivity index (χ0n) is 17.4. The number of aromatic nitrogens is 2. The number of nitrogens with zero attached hydrogens (tertiary/aromatic N) is 2. The Balaban J connectivity index is 1.53. The minimum Gasteiger partial charge on any atom is -0.460 e. The van der Waals surface area contributed by atoms with E-state index < -0.39 is 18.2 Å². The van der Waals surface area contributed by atoms with Crippen LogP contribution < -0.4 is 5.32 Å². The lowest BCUT2D eigenvalue weighted by Crippen LogP contribution is -2.34. The monoisotopic (exact) mass is 409 g/mol. The summed E-state index contributed by atoms with van der Waals surface area (Å²) >= 11 is 0. The third-order valence-corrected chi connectivity index (χ3v) is 5.63. The Kier molecular flexibility index (Phi) is 5.97. The van der Waals surface area contributed by atoms with Crippen LogP contribution in [0.3, 0.4) is 0 Å². The highest BCUT2D eigenvalue weighted by Gasteiger charge is 2.29. The molecule has 1 aromatic heterocycles. The molecule has 0 saturated carbocycles. The molecule has 30 heavy (non-hydrogen) atoms. The van der Waals surface area contributed by atoms with Gasteiger partial charge in [-0.15, -0.1) is 0 Å². The Labute approximate surface area is 176 Å². The quantitative estimate of drug-likeness (QED) is 0.734. The third-order valence-electron chi connectivity index (χ3n) is 5.63. The van der Waals surface area contributed by atoms with Gasteiger partial charge in [-0.3, -0.25) is 5.32 Å². The van der Waals surface area contributed by atoms with Crippen molar-refractivity contribution in [2.45, 2.75) is 71.0 Å². The molecule has 2 aliphatic rings. The molecule has 1 amide bonds. The van der Waals surface area contributed by atoms with Crippen molar-refractivity contribution < 1.29 is 19.1 Å². The highest BCUT2D eigenvalue weighted by molar-refractivity contribution is 5.90. The van der Waals surface area contributed by atoms with Gasteiger partial charge in [-0.25, -0.2) is 9.59 Å². The van der Waals surface area contributed by atoms with Crippen LogP contribution in [-0.2, 0) is 46.4 Å². The van der Waals surface area contributed by atoms with E-state index >= 15 is 0 Å². The molecule has 1 aromatic carbocycles. The number of anilines is 1. The molecule has 0 saturated heterocycles. The van der Waals surface area contributed by atoms with Crippen LogP contribution in [-0.4, -0.2) is 34.5 Å². The van der Waals surface area contributed by atoms with Gasteiger partial charge in [0.25, 0.3) is 0 Å². The molecule has 2 aromatic rings. The van der Waals surface area contributed by atoms with E-state index in [0.29, 0.717) is 0 Å². The SMILES string of the molecule is CC(C)OC(=O)C(Cc1ccnnc1)OC(=O)Nc1c2c(cc3c1CCC3)CCC2. The molecular weight excluding hydrogens is 382 g/mol. The summed E-state index contributed by atoms with van der Waals surface area (Å²) in [6.45, 7) is 3.53. The van der Waals surface area contributed by atoms with Crippen LogP contribution in [0.25, 0.3) is 0 Å². The normalized spacial score (nSPS) is 15.4. The van der Waals surface area contributed by atoms with E-state index in [1.165, 1.54) is 28.5 Å². The van der Waals surface area contributed by atoms with Gasteiger partial charge >= 0.3 is 12.1 Å². The van der Waals surface area contributed by atoms with Crippen LogP contribution in [0.1, 0.15) is 54.5 Å². The second-order valence-corrected chi connectivity index (χ2v) is 8.19. The van der Waals surface area contributed by atoms with Gasteiger partial charge in [0, 0.05) is 12.6 Å². The molecule has 0 radical (unpaired) electrons. The fourth-order valence-corrected chi connectivity index (χ4v) is 4.36. The Morgan fingerprint density at radius 1 is 1.03 bits per heavy atom. The number of ether oxygens (including phenoxy) is 2. The standard InChI is InChI=1S/C23H27N3O4/c1-14(2)29-22(27)20(11-15-9-10-24-25-13-15)30-23(28)26-21-18-7-3-5-16(18)12-17-6-4-8-19(17)21/h9-10,12-14,20H,3-8,11H2,1-2H3,(H,26,28). The van der Waals surface area contributed by atoms with Gasteiger partial charge in [0.05, 0.1) is 18.0 Å². The molecule has 158 valence electrons. The van der Waals surface area contributed by atoms with E-state index in [9.17, 15) is 9.59 Å². The van der Waals surface area contributed by atoms with Crippen molar-refractivity contribution in [3.8, 4) is 0 Å². The molecule has 1 atom stereocenters. The van der Waals surface area contributed by atoms with Gasteiger partial charge in [0.2, 0.25) is 6.10 Å². The molecule has 7 nitrogen and oxygen atoms in total. The lowest BCUT2D eigenvalue weighted by atomic mass is 9.99. The van der Waals surface area contributed by atoms with Crippen LogP contribution in [0.4, 0.5) is 10.5 Å². The molecular formula is C23H27N3O4. The maximum absolute atomic E-state index is 12.8. The van der Waals surface area contributed by atoms with Crippen molar-refractivity contribution in [3.05, 3.63) is 52.3 Å². The number of nitrogens with one attached hydrogen (secondary N) is 1. The summed E-state index contributed by atoms with van der Waals surface area (Å²) in [5.74, 6) is -0.569. The number of hydrogen-bond donors (Lipinski definition) is 1. The van der Waals surface area contributed by atoms with E-state index in [-0.39, 0.29) is 12.5 Å². The summed E-state index contributed by atoms with van der Waals surface area (Å²) < 4.78 is 10.9. The smallest absolute Gasteiger partial charge is 0.412 e. The van der Waals surface area contributed by atoms with Crippen molar-refractivity contribution in [1.29, 1.82) is 0 Å². The second-order valence-electron chi connectivity index (χ2n) is 8.19. The fraction of sp³-hybridized carbons (Fsp3) is 0.478. The van der Waals surface area contributed by atoms with Gasteiger partial charge in [-0.2, -0.15) is 10.2 Å². The van der Waals surface area contributed by atoms with Crippen LogP contribution in [0.15, 0.2) is 24.5 Å². The van der Waals surface area contributed by atoms with E-state index in [0.717, 1.165) is 49.8 Å². The zero-order chi connectivity index (χ0) is 21.1. The predicted octanol–water partition coefficient (Wildman–Crippen LogP) is 3.57. The molecule has 0 bridgehead atoms. The molecule has 0 aliphatic heterocycles. The van der Waals surface area contributed by atoms with Crippen LogP contribution in [0.2, 0.25) is 0 Å². The Hall–Kier alpha value is -2.96. The predicted molar refractivity (Wildman–Crippen MR) is 111 cm³/mol. The first-order chi connectivity index (χ1) is 14.5. The summed E-state index contributed by atoms with van der Waals surface area (Å²) in [4.78, 5) is 25.4. The van der Waals surface area contributed by atoms with E-state index in [1.807, 2.05) is 0 Å². The Bertz CT molecular complexity index is 911. The first-order valence-electron chi connectivity index (χ1n) is 10.6. The molecule has 7 heteroatoms. The molecule has 1 unspecified atom stereocenters. The highest BCUT2D eigenvalue weighted by Crippen LogP contribution is 2.38. The molecule has 1 N–H and O–H groups in total. The number of esters is 1. The lowest BCUT2D eigenvalue weighted by molar-refractivity contribution is -0.157. The molecule has 4 rings (SSSR count). The summed E-state index contributed by atoms with van der Waals surface area (Å²) in [5.41, 5.74) is 6.71. The summed E-state index contributed by atoms with van der Waals surface area (Å²) in [7, 11) is 0. The number of fused-ring (bicyclic) bond motifs is 2. The maximum atomic E-state index is 12.8. The second kappa shape index (κ2) is 8.81. The summed E-state index contributed by atoms with van der Waals surface area (Å²) in [6, 6.07) is 4.04. The highest BCUT2D eigenvalue weighted by atomic mass is 16.6. The Morgan fingerprint density at radius 3 is 2.33 bits per heavy atom. The van der Waals surface area contributed by atoms with Gasteiger partial charge in [-0.1, -0.05) is 6.07 Å². The minimum atomic E-state index is -1.05. The first kappa shape index (κ1) is 20.3. The molecule has 1 heterocycles. The number of amides is 1. The number of carbonyl (C=O) groups excluding carboxylic acids is 2. The van der Waals surface area contributed by atoms with Crippen molar-refractivity contribution in [2.24, 2.45) is 0 Å². The van der Waals surface area contributed by atoms with Crippen molar-refractivity contribution in [2.75, 3.05) is 5.32 Å². The molecule has 2 aliphatic carbocycles. The van der Waals surface area contributed by atoms with E-state index in [2.05, 4.69) is 21.6 Å². The fourth-order valence-electron chi connectivity index (χ4n) is 4.36. The van der Waals surface area contributed by atoms with Crippen LogP contribution >= 0.6 is 0 Å². The third kappa shape index (κ3) is 4.45. The average molecular weight is 409 g/mol. The van der Waals surface area contributed by atoms with E-state index in [4.69, 9.17) is 9.47 Å². The number of hydrogen-bond acceptors (Lipinski definition) is 6. The largest absolute Gasteiger partial charge is 0.460 e. The average Bonchev–Trinajstić information content (AvgIpc) is 3.37. The Morgan fingerprint density at radius 2 is 1.73 bits per heavy atom. The first-order valence-corrected chi connectivity index (χ1v) is 10.6.